The summed E-state index contributed by atoms with van der Waals surface area (Å²) in [6.07, 6.45) is -1.38. The number of hydrogen-bond donors (Lipinski definition) is 2. The second-order valence-electron chi connectivity index (χ2n) is 6.60. The molecule has 7 nitrogen and oxygen atoms in total. The van der Waals surface area contributed by atoms with E-state index in [1.54, 1.807) is 6.07 Å². The first-order chi connectivity index (χ1) is 14.3. The summed E-state index contributed by atoms with van der Waals surface area (Å²) in [5.74, 6) is -0.806. The molecule has 2 aromatic rings. The number of ether oxygens (including phenoxy) is 1. The molecule has 0 saturated carbocycles. The van der Waals surface area contributed by atoms with Crippen LogP contribution in [0.4, 0.5) is 8.78 Å². The Morgan fingerprint density at radius 3 is 2.80 bits per heavy atom. The number of nitrogens with zero attached hydrogens (tertiary/aromatic N) is 2. The molecule has 2 heterocycles. The van der Waals surface area contributed by atoms with Crippen molar-refractivity contribution in [3.05, 3.63) is 57.9 Å². The van der Waals surface area contributed by atoms with Gasteiger partial charge in [0.2, 0.25) is 5.78 Å². The number of aliphatic hydroxyl groups is 1. The van der Waals surface area contributed by atoms with Crippen LogP contribution >= 0.6 is 11.6 Å². The first kappa shape index (κ1) is 21.8. The van der Waals surface area contributed by atoms with Gasteiger partial charge in [-0.1, -0.05) is 17.7 Å². The van der Waals surface area contributed by atoms with Crippen LogP contribution in [0.1, 0.15) is 38.4 Å². The molecule has 1 aromatic carbocycles. The van der Waals surface area contributed by atoms with Gasteiger partial charge in [0, 0.05) is 43.4 Å². The van der Waals surface area contributed by atoms with Crippen molar-refractivity contribution < 1.29 is 28.2 Å². The molecule has 2 N–H and O–H groups in total. The minimum absolute atomic E-state index is 0.0237. The lowest BCUT2D eigenvalue weighted by Gasteiger charge is -2.17. The second kappa shape index (κ2) is 9.27. The van der Waals surface area contributed by atoms with Crippen LogP contribution < -0.4 is 4.74 Å². The SMILES string of the molecule is N=C(CCO)C(=O)c1nccc2c1CN(Cc1ccc(OCC(F)F)c(Cl)c1)C2=O. The van der Waals surface area contributed by atoms with E-state index in [0.717, 1.165) is 0 Å². The monoisotopic (exact) mass is 437 g/mol. The summed E-state index contributed by atoms with van der Waals surface area (Å²) in [7, 11) is 0. The number of rotatable bonds is 9. The predicted molar refractivity (Wildman–Crippen MR) is 105 cm³/mol. The minimum atomic E-state index is -2.62. The average Bonchev–Trinajstić information content (AvgIpc) is 3.02. The van der Waals surface area contributed by atoms with Gasteiger partial charge in [-0.25, -0.2) is 8.78 Å². The van der Waals surface area contributed by atoms with Gasteiger partial charge in [0.15, 0.2) is 0 Å². The highest BCUT2D eigenvalue weighted by atomic mass is 35.5. The van der Waals surface area contributed by atoms with Crippen molar-refractivity contribution in [1.82, 2.24) is 9.88 Å². The summed E-state index contributed by atoms with van der Waals surface area (Å²) < 4.78 is 29.5. The number of benzene rings is 1. The van der Waals surface area contributed by atoms with Crippen LogP contribution in [0.5, 0.6) is 5.75 Å². The first-order valence-corrected chi connectivity index (χ1v) is 9.39. The van der Waals surface area contributed by atoms with Crippen LogP contribution in [0.2, 0.25) is 5.02 Å². The fourth-order valence-electron chi connectivity index (χ4n) is 3.11. The summed E-state index contributed by atoms with van der Waals surface area (Å²) in [5, 5.41) is 16.8. The van der Waals surface area contributed by atoms with Crippen molar-refractivity contribution in [2.24, 2.45) is 0 Å². The van der Waals surface area contributed by atoms with Gasteiger partial charge in [-0.3, -0.25) is 14.6 Å². The quantitative estimate of drug-likeness (QED) is 0.463. The van der Waals surface area contributed by atoms with E-state index >= 15 is 0 Å². The van der Waals surface area contributed by atoms with Crippen molar-refractivity contribution in [2.75, 3.05) is 13.2 Å². The maximum atomic E-state index is 12.8. The number of halogens is 3. The van der Waals surface area contributed by atoms with Crippen molar-refractivity contribution in [3.63, 3.8) is 0 Å². The largest absolute Gasteiger partial charge is 0.486 e. The van der Waals surface area contributed by atoms with Gasteiger partial charge < -0.3 is 20.2 Å². The molecule has 1 amide bonds. The number of amides is 1. The third-order valence-electron chi connectivity index (χ3n) is 4.51. The Hall–Kier alpha value is -2.91. The van der Waals surface area contributed by atoms with E-state index in [4.69, 9.17) is 26.9 Å². The highest BCUT2D eigenvalue weighted by Crippen LogP contribution is 2.30. The van der Waals surface area contributed by atoms with Crippen molar-refractivity contribution in [2.45, 2.75) is 25.9 Å². The molecule has 0 saturated heterocycles. The van der Waals surface area contributed by atoms with Crippen molar-refractivity contribution in [1.29, 1.82) is 5.41 Å². The Kier molecular flexibility index (Phi) is 6.73. The van der Waals surface area contributed by atoms with Gasteiger partial charge >= 0.3 is 0 Å². The standard InChI is InChI=1S/C20H18ClF2N3O4/c21-14-7-11(1-2-16(14)30-10-17(22)23)8-26-9-13-12(20(26)29)3-5-25-18(13)19(28)15(24)4-6-27/h1-3,5,7,17,24,27H,4,6,8-10H2. The molecular weight excluding hydrogens is 420 g/mol. The number of aliphatic hydroxyl groups excluding tert-OH is 1. The van der Waals surface area contributed by atoms with Gasteiger partial charge in [-0.2, -0.15) is 0 Å². The van der Waals surface area contributed by atoms with Crippen LogP contribution in [0.25, 0.3) is 0 Å². The lowest BCUT2D eigenvalue weighted by molar-refractivity contribution is 0.0764. The summed E-state index contributed by atoms with van der Waals surface area (Å²) in [6, 6.07) is 6.11. The fraction of sp³-hybridized carbons (Fsp3) is 0.300. The zero-order valence-corrected chi connectivity index (χ0v) is 16.5. The van der Waals surface area contributed by atoms with E-state index < -0.39 is 18.8 Å². The number of pyridine rings is 1. The normalized spacial score (nSPS) is 13.0. The number of Topliss-reactive ketones (excluding diaryl/α,β-unsaturated/α-hetero) is 1. The zero-order chi connectivity index (χ0) is 21.8. The van der Waals surface area contributed by atoms with Crippen molar-refractivity contribution >= 4 is 29.0 Å². The molecule has 0 bridgehead atoms. The van der Waals surface area contributed by atoms with Crippen LogP contribution in [0.3, 0.4) is 0 Å². The summed E-state index contributed by atoms with van der Waals surface area (Å²) in [6.45, 7) is -0.808. The van der Waals surface area contributed by atoms with E-state index in [-0.39, 0.29) is 54.2 Å². The molecule has 0 fully saturated rings. The third kappa shape index (κ3) is 4.63. The highest BCUT2D eigenvalue weighted by molar-refractivity contribution is 6.44. The Morgan fingerprint density at radius 2 is 2.13 bits per heavy atom. The molecule has 0 aliphatic carbocycles. The number of hydrogen-bond acceptors (Lipinski definition) is 6. The van der Waals surface area contributed by atoms with Gasteiger partial charge in [0.1, 0.15) is 18.1 Å². The Labute approximate surface area is 175 Å². The number of aromatic nitrogens is 1. The number of ketones is 1. The molecule has 0 spiro atoms. The summed E-state index contributed by atoms with van der Waals surface area (Å²) in [4.78, 5) is 30.7. The third-order valence-corrected chi connectivity index (χ3v) is 4.80. The molecule has 1 aliphatic heterocycles. The molecule has 30 heavy (non-hydrogen) atoms. The summed E-state index contributed by atoms with van der Waals surface area (Å²) in [5.41, 5.74) is 1.15. The molecule has 1 aromatic heterocycles. The van der Waals surface area contributed by atoms with Gasteiger partial charge in [0.05, 0.1) is 10.7 Å². The smallest absolute Gasteiger partial charge is 0.272 e. The number of alkyl halides is 2. The molecule has 1 aliphatic rings. The number of carbonyl (C=O) groups excluding carboxylic acids is 2. The Morgan fingerprint density at radius 1 is 1.37 bits per heavy atom. The maximum absolute atomic E-state index is 12.8. The van der Waals surface area contributed by atoms with E-state index in [0.29, 0.717) is 16.7 Å². The molecule has 158 valence electrons. The lowest BCUT2D eigenvalue weighted by Crippen LogP contribution is -2.23. The van der Waals surface area contributed by atoms with E-state index in [1.165, 1.54) is 29.3 Å². The summed E-state index contributed by atoms with van der Waals surface area (Å²) >= 11 is 6.08. The van der Waals surface area contributed by atoms with Gasteiger partial charge in [-0.15, -0.1) is 0 Å². The van der Waals surface area contributed by atoms with E-state index in [9.17, 15) is 18.4 Å². The molecule has 3 rings (SSSR count). The second-order valence-corrected chi connectivity index (χ2v) is 7.00. The fourth-order valence-corrected chi connectivity index (χ4v) is 3.37. The predicted octanol–water partition coefficient (Wildman–Crippen LogP) is 3.12. The number of carbonyl (C=O) groups is 2. The Balaban J connectivity index is 1.77. The highest BCUT2D eigenvalue weighted by Gasteiger charge is 2.32. The molecular formula is C20H18ClF2N3O4. The first-order valence-electron chi connectivity index (χ1n) is 9.01. The average molecular weight is 438 g/mol. The van der Waals surface area contributed by atoms with Crippen LogP contribution in [0, 0.1) is 5.41 Å². The lowest BCUT2D eigenvalue weighted by atomic mass is 10.0. The van der Waals surface area contributed by atoms with Crippen LogP contribution in [-0.4, -0.2) is 52.0 Å². The minimum Gasteiger partial charge on any atom is -0.486 e. The topological polar surface area (TPSA) is 104 Å². The van der Waals surface area contributed by atoms with Crippen LogP contribution in [-0.2, 0) is 13.1 Å². The van der Waals surface area contributed by atoms with Crippen molar-refractivity contribution in [3.8, 4) is 5.75 Å². The van der Waals surface area contributed by atoms with Gasteiger partial charge in [-0.05, 0) is 23.8 Å². The molecule has 0 radical (unpaired) electrons. The van der Waals surface area contributed by atoms with E-state index in [2.05, 4.69) is 4.98 Å². The molecule has 0 atom stereocenters. The van der Waals surface area contributed by atoms with E-state index in [1.807, 2.05) is 0 Å². The molecule has 0 unspecified atom stereocenters. The number of fused-ring (bicyclic) bond motifs is 1. The molecule has 10 heteroatoms. The Bertz CT molecular complexity index is 1000. The zero-order valence-electron chi connectivity index (χ0n) is 15.7. The number of nitrogens with one attached hydrogen (secondary N) is 1. The van der Waals surface area contributed by atoms with Gasteiger partial charge in [0.25, 0.3) is 12.3 Å². The van der Waals surface area contributed by atoms with Crippen LogP contribution in [0.15, 0.2) is 30.5 Å². The maximum Gasteiger partial charge on any atom is 0.272 e.